The molecule has 2 aliphatic heterocycles. The minimum Gasteiger partial charge on any atom is -0.454 e. The van der Waals surface area contributed by atoms with E-state index in [1.807, 2.05) is 30.3 Å². The van der Waals surface area contributed by atoms with Gasteiger partial charge in [-0.15, -0.1) is 0 Å². The van der Waals surface area contributed by atoms with Crippen LogP contribution < -0.4 is 14.8 Å². The zero-order valence-electron chi connectivity index (χ0n) is 19.8. The summed E-state index contributed by atoms with van der Waals surface area (Å²) in [4.78, 5) is 18.2. The van der Waals surface area contributed by atoms with E-state index < -0.39 is 15.4 Å². The molecule has 6 rings (SSSR count). The molecule has 188 valence electrons. The minimum absolute atomic E-state index is 0. The van der Waals surface area contributed by atoms with Crippen LogP contribution >= 0.6 is 0 Å². The molecule has 2 fully saturated rings. The molecule has 3 aliphatic rings. The van der Waals surface area contributed by atoms with Gasteiger partial charge in [0, 0.05) is 20.1 Å². The lowest BCUT2D eigenvalue weighted by atomic mass is 9.94. The van der Waals surface area contributed by atoms with Gasteiger partial charge in [0.2, 0.25) is 22.7 Å². The van der Waals surface area contributed by atoms with Crippen LogP contribution in [0.25, 0.3) is 11.3 Å². The smallest absolute Gasteiger partial charge is 0.243 e. The van der Waals surface area contributed by atoms with Gasteiger partial charge in [0.05, 0.1) is 16.0 Å². The largest absolute Gasteiger partial charge is 0.454 e. The molecule has 1 saturated heterocycles. The van der Waals surface area contributed by atoms with Gasteiger partial charge in [0.1, 0.15) is 5.82 Å². The monoisotopic (exact) mass is 507 g/mol. The Hall–Kier alpha value is -3.43. The molecule has 9 heteroatoms. The Labute approximate surface area is 211 Å². The van der Waals surface area contributed by atoms with Crippen LogP contribution in [0.3, 0.4) is 0 Å². The van der Waals surface area contributed by atoms with Gasteiger partial charge in [-0.2, -0.15) is 4.31 Å². The lowest BCUT2D eigenvalue weighted by Gasteiger charge is -2.25. The highest BCUT2D eigenvalue weighted by molar-refractivity contribution is 7.89. The third-order valence-electron chi connectivity index (χ3n) is 7.20. The van der Waals surface area contributed by atoms with Crippen LogP contribution in [0.2, 0.25) is 0 Å². The number of piperidine rings is 1. The predicted molar refractivity (Wildman–Crippen MR) is 137 cm³/mol. The highest BCUT2D eigenvalue weighted by Crippen LogP contribution is 2.51. The van der Waals surface area contributed by atoms with Gasteiger partial charge in [-0.25, -0.2) is 13.4 Å². The van der Waals surface area contributed by atoms with Gasteiger partial charge in [0.25, 0.3) is 0 Å². The van der Waals surface area contributed by atoms with Crippen molar-refractivity contribution < 1.29 is 24.1 Å². The second kappa shape index (κ2) is 8.90. The Kier molecular flexibility index (Phi) is 5.69. The molecule has 1 amide bonds. The van der Waals surface area contributed by atoms with E-state index in [1.54, 1.807) is 34.6 Å². The van der Waals surface area contributed by atoms with Crippen molar-refractivity contribution in [1.29, 1.82) is 0 Å². The number of benzene rings is 2. The number of amides is 1. The first kappa shape index (κ1) is 23.0. The Bertz CT molecular complexity index is 1420. The first-order valence-corrected chi connectivity index (χ1v) is 13.7. The zero-order valence-corrected chi connectivity index (χ0v) is 20.6. The average molecular weight is 508 g/mol. The molecule has 0 spiro atoms. The molecule has 0 atom stereocenters. The first-order valence-electron chi connectivity index (χ1n) is 12.2. The van der Waals surface area contributed by atoms with Crippen molar-refractivity contribution >= 4 is 21.7 Å². The van der Waals surface area contributed by atoms with E-state index in [2.05, 4.69) is 10.3 Å². The summed E-state index contributed by atoms with van der Waals surface area (Å²) in [6.07, 6.45) is 4.38. The number of fused-ring (bicyclic) bond motifs is 1. The van der Waals surface area contributed by atoms with E-state index in [1.165, 1.54) is 0 Å². The number of hydrogen-bond donors (Lipinski definition) is 1. The average Bonchev–Trinajstić information content (AvgIpc) is 3.60. The van der Waals surface area contributed by atoms with Gasteiger partial charge < -0.3 is 14.8 Å². The molecule has 0 unspecified atom stereocenters. The Morgan fingerprint density at radius 3 is 2.44 bits per heavy atom. The van der Waals surface area contributed by atoms with Crippen molar-refractivity contribution in [1.82, 2.24) is 9.29 Å². The summed E-state index contributed by atoms with van der Waals surface area (Å²) in [5.41, 5.74) is 1.75. The number of anilines is 1. The molecule has 1 saturated carbocycles. The fourth-order valence-corrected chi connectivity index (χ4v) is 6.44. The molecule has 0 radical (unpaired) electrons. The molecule has 36 heavy (non-hydrogen) atoms. The van der Waals surface area contributed by atoms with Crippen molar-refractivity contribution in [3.63, 3.8) is 0 Å². The second-order valence-corrected chi connectivity index (χ2v) is 11.4. The van der Waals surface area contributed by atoms with Crippen molar-refractivity contribution in [2.75, 3.05) is 25.2 Å². The number of aromatic nitrogens is 1. The van der Waals surface area contributed by atoms with E-state index in [0.717, 1.165) is 43.2 Å². The van der Waals surface area contributed by atoms with Gasteiger partial charge >= 0.3 is 0 Å². The summed E-state index contributed by atoms with van der Waals surface area (Å²) in [6, 6.07) is 17.9. The van der Waals surface area contributed by atoms with E-state index in [4.69, 9.17) is 9.47 Å². The quantitative estimate of drug-likeness (QED) is 0.525. The topological polar surface area (TPSA) is 97.8 Å². The van der Waals surface area contributed by atoms with Crippen LogP contribution in [0.15, 0.2) is 65.6 Å². The Balaban J connectivity index is 0.00000280. The zero-order chi connectivity index (χ0) is 24.8. The molecular formula is C27H29N3O5S. The summed E-state index contributed by atoms with van der Waals surface area (Å²) in [6.45, 7) is 1.34. The fraction of sp³-hybridized carbons (Fsp3) is 0.333. The van der Waals surface area contributed by atoms with Crippen molar-refractivity contribution in [3.05, 3.63) is 66.2 Å². The normalized spacial score (nSPS) is 18.6. The number of ether oxygens (including phenoxy) is 2. The summed E-state index contributed by atoms with van der Waals surface area (Å²) >= 11 is 0. The highest BCUT2D eigenvalue weighted by atomic mass is 32.2. The maximum Gasteiger partial charge on any atom is 0.243 e. The maximum atomic E-state index is 13.3. The fourth-order valence-electron chi connectivity index (χ4n) is 4.92. The van der Waals surface area contributed by atoms with Crippen LogP contribution in [0.5, 0.6) is 11.5 Å². The van der Waals surface area contributed by atoms with Crippen LogP contribution in [-0.4, -0.2) is 43.5 Å². The van der Waals surface area contributed by atoms with Crippen molar-refractivity contribution in [3.8, 4) is 22.8 Å². The lowest BCUT2D eigenvalue weighted by molar-refractivity contribution is -0.118. The number of nitrogens with zero attached hydrogens (tertiary/aromatic N) is 2. The second-order valence-electron chi connectivity index (χ2n) is 9.50. The van der Waals surface area contributed by atoms with Crippen molar-refractivity contribution in [2.24, 2.45) is 0 Å². The van der Waals surface area contributed by atoms with Gasteiger partial charge in [-0.1, -0.05) is 30.7 Å². The lowest BCUT2D eigenvalue weighted by Crippen LogP contribution is -2.35. The van der Waals surface area contributed by atoms with Crippen LogP contribution in [0.4, 0.5) is 5.82 Å². The molecule has 1 aliphatic carbocycles. The predicted octanol–water partition coefficient (Wildman–Crippen LogP) is 4.57. The number of carbonyl (C=O) groups excluding carboxylic acids is 1. The van der Waals surface area contributed by atoms with Crippen molar-refractivity contribution in [2.45, 2.75) is 42.4 Å². The van der Waals surface area contributed by atoms with Gasteiger partial charge in [0.15, 0.2) is 11.5 Å². The molecule has 8 nitrogen and oxygen atoms in total. The number of sulfonamides is 1. The van der Waals surface area contributed by atoms with E-state index in [-0.39, 0.29) is 19.0 Å². The summed E-state index contributed by atoms with van der Waals surface area (Å²) < 4.78 is 38.3. The van der Waals surface area contributed by atoms with Crippen LogP contribution in [0.1, 0.15) is 39.1 Å². The van der Waals surface area contributed by atoms with E-state index in [0.29, 0.717) is 36.1 Å². The number of carbonyl (C=O) groups is 1. The van der Waals surface area contributed by atoms with Gasteiger partial charge in [-0.05, 0) is 67.6 Å². The summed E-state index contributed by atoms with van der Waals surface area (Å²) in [5, 5.41) is 2.98. The molecule has 1 N–H and O–H groups in total. The maximum absolute atomic E-state index is 13.3. The Morgan fingerprint density at radius 1 is 0.944 bits per heavy atom. The molecular weight excluding hydrogens is 478 g/mol. The molecule has 2 aromatic carbocycles. The summed E-state index contributed by atoms with van der Waals surface area (Å²) in [5.74, 6) is 1.71. The Morgan fingerprint density at radius 2 is 1.69 bits per heavy atom. The SMILES string of the molecule is O=C(Nc1cccc(-c2ccc(S(=O)(=O)N3CCCCC3)cc2)n1)C1(c2ccc3c(c2)OCO3)CC1.[HH]. The summed E-state index contributed by atoms with van der Waals surface area (Å²) in [7, 11) is -3.49. The molecule has 3 aromatic rings. The number of rotatable bonds is 6. The van der Waals surface area contributed by atoms with Crippen LogP contribution in [0, 0.1) is 0 Å². The number of pyridine rings is 1. The standard InChI is InChI=1S/C27H27N3O5S.H2/c31-26(27(13-14-27)20-9-12-23-24(17-20)35-18-34-23)29-25-6-4-5-22(28-25)19-7-10-21(11-8-19)36(32,33)30-15-2-1-3-16-30;/h4-12,17H,1-3,13-16,18H2,(H,28,29,31);1H. The van der Waals surface area contributed by atoms with Crippen LogP contribution in [-0.2, 0) is 20.2 Å². The molecule has 1 aromatic heterocycles. The third kappa shape index (κ3) is 4.12. The first-order chi connectivity index (χ1) is 17.5. The van der Waals surface area contributed by atoms with Gasteiger partial charge in [-0.3, -0.25) is 4.79 Å². The molecule has 0 bridgehead atoms. The number of hydrogen-bond acceptors (Lipinski definition) is 6. The van der Waals surface area contributed by atoms with E-state index in [9.17, 15) is 13.2 Å². The number of nitrogens with one attached hydrogen (secondary N) is 1. The molecule has 3 heterocycles. The minimum atomic E-state index is -3.49. The highest BCUT2D eigenvalue weighted by Gasteiger charge is 2.51. The third-order valence-corrected chi connectivity index (χ3v) is 9.12. The van der Waals surface area contributed by atoms with E-state index >= 15 is 0 Å².